The van der Waals surface area contributed by atoms with Crippen LogP contribution in [-0.4, -0.2) is 56.8 Å². The Labute approximate surface area is 195 Å². The molecule has 1 fully saturated rings. The maximum absolute atomic E-state index is 11.8. The number of unbranched alkanes of at least 4 members (excludes halogenated alkanes) is 4. The topological polar surface area (TPSA) is 91.8 Å². The highest BCUT2D eigenvalue weighted by molar-refractivity contribution is 7.76. The molecule has 0 saturated heterocycles. The Morgan fingerprint density at radius 3 is 2.72 bits per heavy atom. The molecule has 8 heteroatoms. The van der Waals surface area contributed by atoms with Gasteiger partial charge in [-0.3, -0.25) is 14.3 Å². The summed E-state index contributed by atoms with van der Waals surface area (Å²) in [7, 11) is 0. The molecule has 0 spiro atoms. The van der Waals surface area contributed by atoms with Gasteiger partial charge in [-0.1, -0.05) is 44.6 Å². The summed E-state index contributed by atoms with van der Waals surface area (Å²) in [6.07, 6.45) is 18.0. The third-order valence-corrected chi connectivity index (χ3v) is 6.59. The van der Waals surface area contributed by atoms with Crippen molar-refractivity contribution in [1.29, 1.82) is 0 Å². The van der Waals surface area contributed by atoms with Gasteiger partial charge in [-0.25, -0.2) is 4.21 Å². The lowest BCUT2D eigenvalue weighted by atomic mass is 9.90. The predicted octanol–water partition coefficient (Wildman–Crippen LogP) is 4.20. The number of carbonyl (C=O) groups is 1. The van der Waals surface area contributed by atoms with Crippen molar-refractivity contribution in [2.75, 3.05) is 32.8 Å². The van der Waals surface area contributed by atoms with Gasteiger partial charge in [0.2, 0.25) is 17.2 Å². The van der Waals surface area contributed by atoms with Gasteiger partial charge >= 0.3 is 0 Å². The van der Waals surface area contributed by atoms with Crippen LogP contribution in [0.3, 0.4) is 0 Å². The number of hydrogen-bond donors (Lipinski definition) is 2. The van der Waals surface area contributed by atoms with E-state index in [1.807, 2.05) is 12.1 Å². The number of pyridine rings is 1. The number of amides is 1. The van der Waals surface area contributed by atoms with E-state index in [9.17, 15) is 13.6 Å². The molecule has 2 N–H and O–H groups in total. The molecule has 1 amide bonds. The van der Waals surface area contributed by atoms with Crippen LogP contribution in [0.2, 0.25) is 0 Å². The fourth-order valence-electron chi connectivity index (χ4n) is 3.90. The van der Waals surface area contributed by atoms with Crippen LogP contribution in [0.5, 0.6) is 0 Å². The van der Waals surface area contributed by atoms with Crippen molar-refractivity contribution >= 4 is 23.2 Å². The van der Waals surface area contributed by atoms with Gasteiger partial charge in [0.25, 0.3) is 0 Å². The summed E-state index contributed by atoms with van der Waals surface area (Å²) in [5.74, 6) is 0.569. The normalized spacial score (nSPS) is 15.9. The van der Waals surface area contributed by atoms with Crippen LogP contribution in [0.1, 0.15) is 69.8 Å². The van der Waals surface area contributed by atoms with E-state index in [2.05, 4.69) is 10.3 Å². The lowest BCUT2D eigenvalue weighted by Gasteiger charge is -2.22. The second-order valence-electron chi connectivity index (χ2n) is 8.42. The molecule has 1 saturated carbocycles. The molecule has 7 nitrogen and oxygen atoms in total. The highest BCUT2D eigenvalue weighted by Gasteiger charge is 2.14. The Kier molecular flexibility index (Phi) is 14.1. The van der Waals surface area contributed by atoms with Crippen molar-refractivity contribution in [1.82, 2.24) is 14.6 Å². The molecule has 1 aliphatic carbocycles. The number of hydrogen-bond acceptors (Lipinski definition) is 4. The van der Waals surface area contributed by atoms with Crippen molar-refractivity contribution in [2.24, 2.45) is 5.92 Å². The van der Waals surface area contributed by atoms with Crippen molar-refractivity contribution in [2.45, 2.75) is 64.2 Å². The van der Waals surface area contributed by atoms with Crippen LogP contribution < -0.4 is 5.32 Å². The number of nitrogens with one attached hydrogen (secondary N) is 1. The standard InChI is InChI=1S/C24H39N3O4S/c28-24(14-13-22-12-9-15-25-20-22)26-16-7-2-1-3-8-17-27(32(29)30)18-19-31-21-23-10-5-4-6-11-23/h9,12-15,20,23H,1-8,10-11,16-19,21H2,(H,26,28)(H,29,30)/b14-13+. The summed E-state index contributed by atoms with van der Waals surface area (Å²) in [6, 6.07) is 3.73. The van der Waals surface area contributed by atoms with E-state index in [0.717, 1.165) is 44.3 Å². The third kappa shape index (κ3) is 12.4. The van der Waals surface area contributed by atoms with Gasteiger partial charge in [-0.2, -0.15) is 4.31 Å². The zero-order valence-corrected chi connectivity index (χ0v) is 19.9. The minimum Gasteiger partial charge on any atom is -0.380 e. The van der Waals surface area contributed by atoms with Gasteiger partial charge in [0, 0.05) is 44.7 Å². The molecular formula is C24H39N3O4S. The van der Waals surface area contributed by atoms with E-state index in [-0.39, 0.29) is 5.91 Å². The first-order chi connectivity index (χ1) is 15.6. The van der Waals surface area contributed by atoms with Crippen LogP contribution in [0.25, 0.3) is 6.08 Å². The van der Waals surface area contributed by atoms with Crippen molar-refractivity contribution < 1.29 is 18.3 Å². The molecule has 0 aliphatic heterocycles. The SMILES string of the molecule is O=C(/C=C/c1cccnc1)NCCCCCCCN(CCOCC1CCCCC1)S(=O)O. The average Bonchev–Trinajstić information content (AvgIpc) is 2.81. The molecule has 0 aromatic carbocycles. The van der Waals surface area contributed by atoms with Crippen molar-refractivity contribution in [3.8, 4) is 0 Å². The van der Waals surface area contributed by atoms with Gasteiger partial charge < -0.3 is 10.1 Å². The van der Waals surface area contributed by atoms with E-state index in [1.54, 1.807) is 22.8 Å². The van der Waals surface area contributed by atoms with Crippen LogP contribution in [0.4, 0.5) is 0 Å². The molecule has 1 aromatic heterocycles. The number of rotatable bonds is 16. The number of carbonyl (C=O) groups excluding carboxylic acids is 1. The van der Waals surface area contributed by atoms with E-state index in [1.165, 1.54) is 38.2 Å². The highest BCUT2D eigenvalue weighted by Crippen LogP contribution is 2.23. The Morgan fingerprint density at radius 1 is 1.19 bits per heavy atom. The van der Waals surface area contributed by atoms with E-state index >= 15 is 0 Å². The Hall–Kier alpha value is -1.61. The first kappa shape index (κ1) is 26.6. The minimum atomic E-state index is -1.95. The maximum atomic E-state index is 11.8. The molecule has 1 atom stereocenters. The van der Waals surface area contributed by atoms with E-state index < -0.39 is 11.3 Å². The van der Waals surface area contributed by atoms with Crippen LogP contribution in [0.15, 0.2) is 30.6 Å². The molecule has 0 radical (unpaired) electrons. The summed E-state index contributed by atoms with van der Waals surface area (Å²) < 4.78 is 28.4. The summed E-state index contributed by atoms with van der Waals surface area (Å²) >= 11 is -1.95. The predicted molar refractivity (Wildman–Crippen MR) is 129 cm³/mol. The largest absolute Gasteiger partial charge is 0.380 e. The first-order valence-corrected chi connectivity index (χ1v) is 13.0. The monoisotopic (exact) mass is 465 g/mol. The quantitative estimate of drug-likeness (QED) is 0.217. The van der Waals surface area contributed by atoms with Crippen molar-refractivity contribution in [3.05, 3.63) is 36.2 Å². The lowest BCUT2D eigenvalue weighted by molar-refractivity contribution is -0.116. The molecule has 32 heavy (non-hydrogen) atoms. The Morgan fingerprint density at radius 2 is 1.97 bits per heavy atom. The average molecular weight is 466 g/mol. The minimum absolute atomic E-state index is 0.0966. The van der Waals surface area contributed by atoms with Gasteiger partial charge in [-0.15, -0.1) is 0 Å². The molecule has 1 heterocycles. The number of ether oxygens (including phenoxy) is 1. The summed E-state index contributed by atoms with van der Waals surface area (Å²) in [4.78, 5) is 15.8. The lowest BCUT2D eigenvalue weighted by Crippen LogP contribution is -2.31. The van der Waals surface area contributed by atoms with Gasteiger partial charge in [0.15, 0.2) is 0 Å². The van der Waals surface area contributed by atoms with E-state index in [0.29, 0.717) is 32.2 Å². The number of nitrogens with zero attached hydrogens (tertiary/aromatic N) is 2. The van der Waals surface area contributed by atoms with E-state index in [4.69, 9.17) is 4.74 Å². The molecule has 0 bridgehead atoms. The molecule has 1 aliphatic rings. The zero-order valence-electron chi connectivity index (χ0n) is 19.1. The van der Waals surface area contributed by atoms with Crippen LogP contribution in [-0.2, 0) is 20.8 Å². The van der Waals surface area contributed by atoms with Gasteiger partial charge in [0.1, 0.15) is 0 Å². The molecule has 180 valence electrons. The Balaban J connectivity index is 1.44. The first-order valence-electron chi connectivity index (χ1n) is 11.9. The second-order valence-corrected chi connectivity index (χ2v) is 9.40. The summed E-state index contributed by atoms with van der Waals surface area (Å²) in [5, 5.41) is 2.89. The van der Waals surface area contributed by atoms with Gasteiger partial charge in [-0.05, 0) is 49.3 Å². The van der Waals surface area contributed by atoms with Crippen molar-refractivity contribution in [3.63, 3.8) is 0 Å². The highest BCUT2D eigenvalue weighted by atomic mass is 32.2. The molecule has 1 unspecified atom stereocenters. The fraction of sp³-hybridized carbons (Fsp3) is 0.667. The number of aromatic nitrogens is 1. The van der Waals surface area contributed by atoms with Gasteiger partial charge in [0.05, 0.1) is 6.61 Å². The molecule has 2 rings (SSSR count). The summed E-state index contributed by atoms with van der Waals surface area (Å²) in [5.41, 5.74) is 0.899. The smallest absolute Gasteiger partial charge is 0.243 e. The third-order valence-electron chi connectivity index (χ3n) is 5.78. The maximum Gasteiger partial charge on any atom is 0.243 e. The Bertz CT molecular complexity index is 681. The van der Waals surface area contributed by atoms with Crippen LogP contribution in [0, 0.1) is 5.92 Å². The van der Waals surface area contributed by atoms with Crippen LogP contribution >= 0.6 is 0 Å². The zero-order chi connectivity index (χ0) is 22.9. The fourth-order valence-corrected chi connectivity index (χ4v) is 4.41. The second kappa shape index (κ2) is 16.9. The summed E-state index contributed by atoms with van der Waals surface area (Å²) in [6.45, 7) is 3.04. The molecule has 1 aromatic rings. The molecular weight excluding hydrogens is 426 g/mol.